The summed E-state index contributed by atoms with van der Waals surface area (Å²) in [6.07, 6.45) is 1.70. The number of nitrogens with one attached hydrogen (secondary N) is 1. The fourth-order valence-corrected chi connectivity index (χ4v) is 2.47. The zero-order chi connectivity index (χ0) is 16.7. The van der Waals surface area contributed by atoms with E-state index < -0.39 is 0 Å². The van der Waals surface area contributed by atoms with Crippen LogP contribution >= 0.6 is 15.9 Å². The average molecular weight is 376 g/mol. The minimum absolute atomic E-state index is 0.0487. The lowest BCUT2D eigenvalue weighted by Gasteiger charge is -2.20. The predicted octanol–water partition coefficient (Wildman–Crippen LogP) is 2.62. The second kappa shape index (κ2) is 8.43. The van der Waals surface area contributed by atoms with Crippen LogP contribution in [0.4, 0.5) is 0 Å². The van der Waals surface area contributed by atoms with Crippen molar-refractivity contribution in [2.24, 2.45) is 0 Å². The Kier molecular flexibility index (Phi) is 6.29. The van der Waals surface area contributed by atoms with E-state index in [0.29, 0.717) is 25.2 Å². The van der Waals surface area contributed by atoms with Gasteiger partial charge in [0, 0.05) is 36.2 Å². The maximum absolute atomic E-state index is 12.1. The number of hydrogen-bond acceptors (Lipinski definition) is 3. The van der Waals surface area contributed by atoms with Crippen molar-refractivity contribution in [3.63, 3.8) is 0 Å². The van der Waals surface area contributed by atoms with Gasteiger partial charge in [0.2, 0.25) is 5.91 Å². The summed E-state index contributed by atoms with van der Waals surface area (Å²) in [5.41, 5.74) is 1.40. The van der Waals surface area contributed by atoms with E-state index >= 15 is 0 Å². The molecule has 0 aliphatic carbocycles. The summed E-state index contributed by atoms with van der Waals surface area (Å²) in [6.45, 7) is 2.77. The highest BCUT2D eigenvalue weighted by Gasteiger charge is 2.11. The molecular weight excluding hydrogens is 358 g/mol. The molecular formula is C17H18BrN3O2. The molecule has 0 radical (unpaired) electrons. The highest BCUT2D eigenvalue weighted by atomic mass is 79.9. The van der Waals surface area contributed by atoms with E-state index in [0.717, 1.165) is 10.2 Å². The standard InChI is InChI=1S/C17H18BrN3O2/c1-13(22)21(12-16-7-2-3-8-19-16)10-9-20-17(23)14-5-4-6-15(18)11-14/h2-8,11H,9-10,12H2,1H3,(H,20,23). The Hall–Kier alpha value is -2.21. The van der Waals surface area contributed by atoms with E-state index in [-0.39, 0.29) is 11.8 Å². The van der Waals surface area contributed by atoms with Crippen LogP contribution in [0.3, 0.4) is 0 Å². The number of amides is 2. The molecule has 0 saturated carbocycles. The van der Waals surface area contributed by atoms with E-state index in [4.69, 9.17) is 0 Å². The molecule has 0 atom stereocenters. The number of halogens is 1. The third kappa shape index (κ3) is 5.49. The van der Waals surface area contributed by atoms with E-state index in [1.54, 1.807) is 23.2 Å². The second-order valence-corrected chi connectivity index (χ2v) is 5.94. The molecule has 6 heteroatoms. The van der Waals surface area contributed by atoms with Gasteiger partial charge in [-0.2, -0.15) is 0 Å². The fraction of sp³-hybridized carbons (Fsp3) is 0.235. The molecule has 2 rings (SSSR count). The molecule has 1 heterocycles. The first-order valence-corrected chi connectivity index (χ1v) is 8.05. The summed E-state index contributed by atoms with van der Waals surface area (Å²) < 4.78 is 0.852. The van der Waals surface area contributed by atoms with Gasteiger partial charge >= 0.3 is 0 Å². The largest absolute Gasteiger partial charge is 0.350 e. The number of aromatic nitrogens is 1. The molecule has 1 N–H and O–H groups in total. The minimum atomic E-state index is -0.160. The van der Waals surface area contributed by atoms with Crippen LogP contribution in [-0.4, -0.2) is 34.8 Å². The molecule has 0 spiro atoms. The van der Waals surface area contributed by atoms with Crippen LogP contribution in [0.2, 0.25) is 0 Å². The van der Waals surface area contributed by atoms with Crippen molar-refractivity contribution in [3.05, 3.63) is 64.4 Å². The number of pyridine rings is 1. The normalized spacial score (nSPS) is 10.2. The smallest absolute Gasteiger partial charge is 0.251 e. The van der Waals surface area contributed by atoms with Crippen LogP contribution in [0.15, 0.2) is 53.1 Å². The Morgan fingerprint density at radius 2 is 2.04 bits per heavy atom. The molecule has 1 aromatic carbocycles. The third-order valence-corrected chi connectivity index (χ3v) is 3.77. The van der Waals surface area contributed by atoms with Gasteiger partial charge in [0.25, 0.3) is 5.91 Å². The molecule has 0 aliphatic heterocycles. The maximum atomic E-state index is 12.1. The van der Waals surface area contributed by atoms with Crippen molar-refractivity contribution in [2.45, 2.75) is 13.5 Å². The third-order valence-electron chi connectivity index (χ3n) is 3.28. The Morgan fingerprint density at radius 3 is 2.70 bits per heavy atom. The average Bonchev–Trinajstić information content (AvgIpc) is 2.54. The van der Waals surface area contributed by atoms with Gasteiger partial charge < -0.3 is 10.2 Å². The van der Waals surface area contributed by atoms with Crippen molar-refractivity contribution in [1.29, 1.82) is 0 Å². The number of benzene rings is 1. The van der Waals surface area contributed by atoms with Crippen molar-refractivity contribution >= 4 is 27.7 Å². The molecule has 0 aliphatic rings. The van der Waals surface area contributed by atoms with Gasteiger partial charge in [-0.05, 0) is 30.3 Å². The molecule has 120 valence electrons. The highest BCUT2D eigenvalue weighted by molar-refractivity contribution is 9.10. The molecule has 2 amide bonds. The van der Waals surface area contributed by atoms with E-state index in [1.165, 1.54) is 6.92 Å². The minimum Gasteiger partial charge on any atom is -0.350 e. The predicted molar refractivity (Wildman–Crippen MR) is 91.8 cm³/mol. The molecule has 0 fully saturated rings. The first-order chi connectivity index (χ1) is 11.1. The summed E-state index contributed by atoms with van der Waals surface area (Å²) in [4.78, 5) is 29.6. The molecule has 5 nitrogen and oxygen atoms in total. The van der Waals surface area contributed by atoms with Crippen molar-refractivity contribution in [1.82, 2.24) is 15.2 Å². The highest BCUT2D eigenvalue weighted by Crippen LogP contribution is 2.11. The van der Waals surface area contributed by atoms with Crippen LogP contribution < -0.4 is 5.32 Å². The Bertz CT molecular complexity index is 677. The maximum Gasteiger partial charge on any atom is 0.251 e. The quantitative estimate of drug-likeness (QED) is 0.843. The lowest BCUT2D eigenvalue weighted by molar-refractivity contribution is -0.129. The Labute approximate surface area is 143 Å². The van der Waals surface area contributed by atoms with E-state index in [2.05, 4.69) is 26.2 Å². The number of hydrogen-bond donors (Lipinski definition) is 1. The van der Waals surface area contributed by atoms with Crippen LogP contribution in [-0.2, 0) is 11.3 Å². The molecule has 2 aromatic rings. The lowest BCUT2D eigenvalue weighted by atomic mass is 10.2. The summed E-state index contributed by atoms with van der Waals surface area (Å²) in [5, 5.41) is 2.82. The summed E-state index contributed by atoms with van der Waals surface area (Å²) in [7, 11) is 0. The van der Waals surface area contributed by atoms with Crippen LogP contribution in [0.1, 0.15) is 23.0 Å². The van der Waals surface area contributed by atoms with Gasteiger partial charge in [0.05, 0.1) is 12.2 Å². The van der Waals surface area contributed by atoms with Gasteiger partial charge in [-0.25, -0.2) is 0 Å². The molecule has 0 saturated heterocycles. The number of nitrogens with zero attached hydrogens (tertiary/aromatic N) is 2. The topological polar surface area (TPSA) is 62.3 Å². The molecule has 0 bridgehead atoms. The summed E-state index contributed by atoms with van der Waals surface area (Å²) in [6, 6.07) is 12.8. The van der Waals surface area contributed by atoms with Gasteiger partial charge in [0.1, 0.15) is 0 Å². The van der Waals surface area contributed by atoms with Gasteiger partial charge in [-0.1, -0.05) is 28.1 Å². The van der Waals surface area contributed by atoms with Crippen molar-refractivity contribution in [2.75, 3.05) is 13.1 Å². The van der Waals surface area contributed by atoms with Crippen LogP contribution in [0.5, 0.6) is 0 Å². The fourth-order valence-electron chi connectivity index (χ4n) is 2.07. The SMILES string of the molecule is CC(=O)N(CCNC(=O)c1cccc(Br)c1)Cc1ccccn1. The Morgan fingerprint density at radius 1 is 1.22 bits per heavy atom. The summed E-state index contributed by atoms with van der Waals surface area (Å²) >= 11 is 3.34. The van der Waals surface area contributed by atoms with Gasteiger partial charge in [-0.3, -0.25) is 14.6 Å². The zero-order valence-corrected chi connectivity index (χ0v) is 14.4. The van der Waals surface area contributed by atoms with Crippen LogP contribution in [0.25, 0.3) is 0 Å². The first kappa shape index (κ1) is 17.1. The Balaban J connectivity index is 1.87. The van der Waals surface area contributed by atoms with Gasteiger partial charge in [-0.15, -0.1) is 0 Å². The van der Waals surface area contributed by atoms with Gasteiger partial charge in [0.15, 0.2) is 0 Å². The molecule has 0 unspecified atom stereocenters. The van der Waals surface area contributed by atoms with Crippen molar-refractivity contribution < 1.29 is 9.59 Å². The number of carbonyl (C=O) groups is 2. The van der Waals surface area contributed by atoms with Crippen molar-refractivity contribution in [3.8, 4) is 0 Å². The summed E-state index contributed by atoms with van der Waals surface area (Å²) in [5.74, 6) is -0.208. The van der Waals surface area contributed by atoms with Crippen LogP contribution in [0, 0.1) is 0 Å². The van der Waals surface area contributed by atoms with E-state index in [9.17, 15) is 9.59 Å². The lowest BCUT2D eigenvalue weighted by Crippen LogP contribution is -2.37. The first-order valence-electron chi connectivity index (χ1n) is 7.25. The van der Waals surface area contributed by atoms with E-state index in [1.807, 2.05) is 30.3 Å². The number of rotatable bonds is 6. The molecule has 23 heavy (non-hydrogen) atoms. The zero-order valence-electron chi connectivity index (χ0n) is 12.8. The number of carbonyl (C=O) groups excluding carboxylic acids is 2. The second-order valence-electron chi connectivity index (χ2n) is 5.03. The monoisotopic (exact) mass is 375 g/mol. The molecule has 1 aromatic heterocycles.